The second-order valence-corrected chi connectivity index (χ2v) is 7.47. The lowest BCUT2D eigenvalue weighted by Crippen LogP contribution is -2.50. The molecule has 0 aromatic carbocycles. The van der Waals surface area contributed by atoms with Crippen molar-refractivity contribution < 1.29 is 8.42 Å². The standard InChI is InChI=1S/C12H20N4O2S/c1-10(2)19(17,18)16-8-6-15(7-9-16)12-13-5-4-11(3)14-12/h4-5,10H,6-9H2,1-3H3. The highest BCUT2D eigenvalue weighted by Crippen LogP contribution is 2.15. The van der Waals surface area contributed by atoms with Crippen LogP contribution in [0.2, 0.25) is 0 Å². The molecular formula is C12H20N4O2S. The summed E-state index contributed by atoms with van der Waals surface area (Å²) >= 11 is 0. The Kier molecular flexibility index (Phi) is 4.05. The molecule has 1 aliphatic heterocycles. The molecule has 7 heteroatoms. The van der Waals surface area contributed by atoms with Crippen LogP contribution in [0.15, 0.2) is 12.3 Å². The van der Waals surface area contributed by atoms with Crippen molar-refractivity contribution in [1.82, 2.24) is 14.3 Å². The summed E-state index contributed by atoms with van der Waals surface area (Å²) < 4.78 is 25.7. The first-order valence-corrected chi connectivity index (χ1v) is 7.95. The number of aromatic nitrogens is 2. The summed E-state index contributed by atoms with van der Waals surface area (Å²) in [6.07, 6.45) is 1.73. The van der Waals surface area contributed by atoms with Crippen LogP contribution in [0.3, 0.4) is 0 Å². The fourth-order valence-corrected chi connectivity index (χ4v) is 3.30. The van der Waals surface area contributed by atoms with Crippen LogP contribution in [0.4, 0.5) is 5.95 Å². The molecular weight excluding hydrogens is 264 g/mol. The summed E-state index contributed by atoms with van der Waals surface area (Å²) in [5.74, 6) is 0.682. The van der Waals surface area contributed by atoms with E-state index in [9.17, 15) is 8.42 Å². The van der Waals surface area contributed by atoms with E-state index in [4.69, 9.17) is 0 Å². The van der Waals surface area contributed by atoms with E-state index in [-0.39, 0.29) is 5.25 Å². The van der Waals surface area contributed by atoms with Gasteiger partial charge in [0.2, 0.25) is 16.0 Å². The Hall–Kier alpha value is -1.21. The van der Waals surface area contributed by atoms with Gasteiger partial charge >= 0.3 is 0 Å². The minimum absolute atomic E-state index is 0.366. The molecule has 0 amide bonds. The maximum atomic E-state index is 12.1. The second kappa shape index (κ2) is 5.42. The number of sulfonamides is 1. The van der Waals surface area contributed by atoms with E-state index in [0.29, 0.717) is 32.1 Å². The van der Waals surface area contributed by atoms with Crippen LogP contribution in [-0.2, 0) is 10.0 Å². The molecule has 1 saturated heterocycles. The average molecular weight is 284 g/mol. The molecule has 1 aromatic heterocycles. The van der Waals surface area contributed by atoms with Crippen molar-refractivity contribution in [1.29, 1.82) is 0 Å². The van der Waals surface area contributed by atoms with Gasteiger partial charge in [-0.15, -0.1) is 0 Å². The summed E-state index contributed by atoms with van der Waals surface area (Å²) in [6, 6.07) is 1.85. The molecule has 0 saturated carbocycles. The topological polar surface area (TPSA) is 66.4 Å². The first-order chi connectivity index (χ1) is 8.91. The quantitative estimate of drug-likeness (QED) is 0.815. The van der Waals surface area contributed by atoms with Gasteiger partial charge in [0.15, 0.2) is 0 Å². The summed E-state index contributed by atoms with van der Waals surface area (Å²) in [5.41, 5.74) is 0.919. The molecule has 19 heavy (non-hydrogen) atoms. The lowest BCUT2D eigenvalue weighted by molar-refractivity contribution is 0.378. The fraction of sp³-hybridized carbons (Fsp3) is 0.667. The fourth-order valence-electron chi connectivity index (χ4n) is 2.03. The molecule has 1 fully saturated rings. The van der Waals surface area contributed by atoms with Crippen LogP contribution >= 0.6 is 0 Å². The number of nitrogens with zero attached hydrogens (tertiary/aromatic N) is 4. The van der Waals surface area contributed by atoms with Crippen LogP contribution in [0.1, 0.15) is 19.5 Å². The molecule has 0 spiro atoms. The van der Waals surface area contributed by atoms with E-state index in [2.05, 4.69) is 9.97 Å². The van der Waals surface area contributed by atoms with E-state index < -0.39 is 10.0 Å². The minimum Gasteiger partial charge on any atom is -0.338 e. The van der Waals surface area contributed by atoms with Crippen molar-refractivity contribution in [2.75, 3.05) is 31.1 Å². The van der Waals surface area contributed by atoms with E-state index in [1.165, 1.54) is 0 Å². The first kappa shape index (κ1) is 14.2. The third-order valence-electron chi connectivity index (χ3n) is 3.26. The molecule has 0 radical (unpaired) electrons. The SMILES string of the molecule is Cc1ccnc(N2CCN(S(=O)(=O)C(C)C)CC2)n1. The third kappa shape index (κ3) is 3.03. The minimum atomic E-state index is -3.15. The highest BCUT2D eigenvalue weighted by atomic mass is 32.2. The number of hydrogen-bond donors (Lipinski definition) is 0. The Morgan fingerprint density at radius 3 is 2.37 bits per heavy atom. The molecule has 0 aliphatic carbocycles. The number of anilines is 1. The van der Waals surface area contributed by atoms with Crippen LogP contribution < -0.4 is 4.90 Å². The second-order valence-electron chi connectivity index (χ2n) is 4.98. The number of hydrogen-bond acceptors (Lipinski definition) is 5. The molecule has 0 atom stereocenters. The van der Waals surface area contributed by atoms with E-state index in [1.807, 2.05) is 17.9 Å². The van der Waals surface area contributed by atoms with Crippen molar-refractivity contribution in [3.63, 3.8) is 0 Å². The first-order valence-electron chi connectivity index (χ1n) is 6.45. The van der Waals surface area contributed by atoms with Gasteiger partial charge in [-0.3, -0.25) is 0 Å². The van der Waals surface area contributed by atoms with Gasteiger partial charge in [0.05, 0.1) is 5.25 Å². The molecule has 2 rings (SSSR count). The Morgan fingerprint density at radius 2 is 1.84 bits per heavy atom. The van der Waals surface area contributed by atoms with Gasteiger partial charge in [0.1, 0.15) is 0 Å². The van der Waals surface area contributed by atoms with Crippen LogP contribution in [0, 0.1) is 6.92 Å². The zero-order valence-corrected chi connectivity index (χ0v) is 12.4. The predicted molar refractivity (Wildman–Crippen MR) is 74.6 cm³/mol. The van der Waals surface area contributed by atoms with E-state index >= 15 is 0 Å². The lowest BCUT2D eigenvalue weighted by Gasteiger charge is -2.34. The summed E-state index contributed by atoms with van der Waals surface area (Å²) in [7, 11) is -3.15. The van der Waals surface area contributed by atoms with Crippen LogP contribution in [0.5, 0.6) is 0 Å². The molecule has 106 valence electrons. The van der Waals surface area contributed by atoms with Gasteiger partial charge in [-0.1, -0.05) is 0 Å². The number of piperazine rings is 1. The molecule has 0 bridgehead atoms. The van der Waals surface area contributed by atoms with E-state index in [1.54, 1.807) is 24.3 Å². The van der Waals surface area contributed by atoms with Gasteiger partial charge < -0.3 is 4.90 Å². The Morgan fingerprint density at radius 1 is 1.21 bits per heavy atom. The maximum absolute atomic E-state index is 12.1. The third-order valence-corrected chi connectivity index (χ3v) is 5.54. The Balaban J connectivity index is 2.04. The van der Waals surface area contributed by atoms with Crippen molar-refractivity contribution in [3.05, 3.63) is 18.0 Å². The Labute approximate surface area is 114 Å². The van der Waals surface area contributed by atoms with Crippen LogP contribution in [-0.4, -0.2) is 54.1 Å². The molecule has 0 N–H and O–H groups in total. The van der Waals surface area contributed by atoms with Crippen molar-refractivity contribution in [2.45, 2.75) is 26.0 Å². The Bertz CT molecular complexity index is 536. The highest BCUT2D eigenvalue weighted by molar-refractivity contribution is 7.89. The number of rotatable bonds is 3. The zero-order valence-electron chi connectivity index (χ0n) is 11.6. The maximum Gasteiger partial charge on any atom is 0.225 e. The van der Waals surface area contributed by atoms with Gasteiger partial charge in [-0.2, -0.15) is 4.31 Å². The normalized spacial score (nSPS) is 18.0. The molecule has 6 nitrogen and oxygen atoms in total. The van der Waals surface area contributed by atoms with Crippen molar-refractivity contribution in [2.24, 2.45) is 0 Å². The molecule has 1 aliphatic rings. The largest absolute Gasteiger partial charge is 0.338 e. The predicted octanol–water partition coefficient (Wildman–Crippen LogP) is 0.645. The van der Waals surface area contributed by atoms with Gasteiger partial charge in [0, 0.05) is 38.1 Å². The molecule has 1 aromatic rings. The van der Waals surface area contributed by atoms with Crippen molar-refractivity contribution in [3.8, 4) is 0 Å². The molecule has 2 heterocycles. The van der Waals surface area contributed by atoms with Gasteiger partial charge in [-0.05, 0) is 26.8 Å². The van der Waals surface area contributed by atoms with Gasteiger partial charge in [-0.25, -0.2) is 18.4 Å². The zero-order chi connectivity index (χ0) is 14.0. The van der Waals surface area contributed by atoms with E-state index in [0.717, 1.165) is 5.69 Å². The number of aryl methyl sites for hydroxylation is 1. The lowest BCUT2D eigenvalue weighted by atomic mass is 10.4. The smallest absolute Gasteiger partial charge is 0.225 e. The molecule has 0 unspecified atom stereocenters. The summed E-state index contributed by atoms with van der Waals surface area (Å²) in [4.78, 5) is 10.6. The summed E-state index contributed by atoms with van der Waals surface area (Å²) in [5, 5.41) is -0.366. The average Bonchev–Trinajstić information content (AvgIpc) is 2.38. The van der Waals surface area contributed by atoms with Crippen LogP contribution in [0.25, 0.3) is 0 Å². The van der Waals surface area contributed by atoms with Gasteiger partial charge in [0.25, 0.3) is 0 Å². The van der Waals surface area contributed by atoms with Crippen molar-refractivity contribution >= 4 is 16.0 Å². The summed E-state index contributed by atoms with van der Waals surface area (Å²) in [6.45, 7) is 7.61. The highest BCUT2D eigenvalue weighted by Gasteiger charge is 2.29. The monoisotopic (exact) mass is 284 g/mol.